The molecule has 4 rings (SSSR count). The third-order valence-electron chi connectivity index (χ3n) is 6.38. The number of anilines is 1. The third kappa shape index (κ3) is 4.68. The van der Waals surface area contributed by atoms with Gasteiger partial charge < -0.3 is 14.2 Å². The second-order valence-corrected chi connectivity index (χ2v) is 11.2. The van der Waals surface area contributed by atoms with Gasteiger partial charge in [0.2, 0.25) is 10.0 Å². The molecule has 0 radical (unpaired) electrons. The molecule has 0 N–H and O–H groups in total. The van der Waals surface area contributed by atoms with Crippen molar-refractivity contribution in [1.29, 1.82) is 0 Å². The predicted molar refractivity (Wildman–Crippen MR) is 133 cm³/mol. The van der Waals surface area contributed by atoms with E-state index in [0.29, 0.717) is 17.8 Å². The number of rotatable bonds is 7. The monoisotopic (exact) mass is 498 g/mol. The van der Waals surface area contributed by atoms with E-state index in [4.69, 9.17) is 4.74 Å². The number of imidazole rings is 1. The molecule has 0 saturated heterocycles. The van der Waals surface area contributed by atoms with Crippen molar-refractivity contribution in [3.8, 4) is 0 Å². The fraction of sp³-hybridized carbons (Fsp3) is 0.400. The highest BCUT2D eigenvalue weighted by molar-refractivity contribution is 7.89. The number of hydrogen-bond donors (Lipinski definition) is 0. The molecule has 1 aromatic heterocycles. The van der Waals surface area contributed by atoms with Gasteiger partial charge in [0.25, 0.3) is 5.91 Å². The topological polar surface area (TPSA) is 102 Å². The van der Waals surface area contributed by atoms with Crippen molar-refractivity contribution in [1.82, 2.24) is 13.9 Å². The van der Waals surface area contributed by atoms with E-state index in [0.717, 1.165) is 27.5 Å². The smallest absolute Gasteiger partial charge is 0.307 e. The number of amides is 1. The molecule has 35 heavy (non-hydrogen) atoms. The minimum Gasteiger partial charge on any atom is -0.453 e. The Kier molecular flexibility index (Phi) is 6.70. The number of para-hydroxylation sites is 1. The maximum atomic E-state index is 13.0. The molecule has 0 aliphatic carbocycles. The fourth-order valence-electron chi connectivity index (χ4n) is 4.44. The Hall–Kier alpha value is -3.24. The lowest BCUT2D eigenvalue weighted by molar-refractivity contribution is -0.154. The Bertz CT molecular complexity index is 1400. The van der Waals surface area contributed by atoms with Crippen LogP contribution in [-0.2, 0) is 44.2 Å². The first-order chi connectivity index (χ1) is 16.5. The Balaban J connectivity index is 1.41. The van der Waals surface area contributed by atoms with Crippen LogP contribution in [-0.4, -0.2) is 60.4 Å². The SMILES string of the molecule is CC(OC(=O)CCc1nc2cc(S(=O)(=O)N(C)C)ccc2n1C)C(=O)N1c2ccccc2CC1C. The van der Waals surface area contributed by atoms with Gasteiger partial charge in [-0.2, -0.15) is 0 Å². The van der Waals surface area contributed by atoms with E-state index in [1.54, 1.807) is 24.0 Å². The maximum absolute atomic E-state index is 13.0. The van der Waals surface area contributed by atoms with Crippen molar-refractivity contribution in [2.45, 2.75) is 50.2 Å². The Morgan fingerprint density at radius 3 is 2.63 bits per heavy atom. The van der Waals surface area contributed by atoms with Crippen LogP contribution in [0.15, 0.2) is 47.4 Å². The van der Waals surface area contributed by atoms with Gasteiger partial charge in [0.15, 0.2) is 6.10 Å². The summed E-state index contributed by atoms with van der Waals surface area (Å²) >= 11 is 0. The summed E-state index contributed by atoms with van der Waals surface area (Å²) in [6, 6.07) is 12.5. The molecule has 0 fully saturated rings. The summed E-state index contributed by atoms with van der Waals surface area (Å²) in [7, 11) is 1.19. The number of benzene rings is 2. The van der Waals surface area contributed by atoms with Crippen LogP contribution in [0.1, 0.15) is 31.7 Å². The van der Waals surface area contributed by atoms with Crippen LogP contribution in [0.3, 0.4) is 0 Å². The number of hydrogen-bond acceptors (Lipinski definition) is 6. The molecule has 2 atom stereocenters. The average molecular weight is 499 g/mol. The second-order valence-electron chi connectivity index (χ2n) is 9.05. The molecule has 0 saturated carbocycles. The number of carbonyl (C=O) groups is 2. The van der Waals surface area contributed by atoms with Gasteiger partial charge in [-0.1, -0.05) is 18.2 Å². The molecule has 1 amide bonds. The van der Waals surface area contributed by atoms with Crippen molar-refractivity contribution in [3.05, 3.63) is 53.9 Å². The molecule has 2 heterocycles. The highest BCUT2D eigenvalue weighted by Crippen LogP contribution is 2.32. The summed E-state index contributed by atoms with van der Waals surface area (Å²) < 4.78 is 33.3. The van der Waals surface area contributed by atoms with Crippen LogP contribution in [0.2, 0.25) is 0 Å². The number of ether oxygens (including phenoxy) is 1. The van der Waals surface area contributed by atoms with E-state index in [9.17, 15) is 18.0 Å². The summed E-state index contributed by atoms with van der Waals surface area (Å²) in [6.45, 7) is 3.57. The lowest BCUT2D eigenvalue weighted by Crippen LogP contribution is -2.43. The van der Waals surface area contributed by atoms with E-state index >= 15 is 0 Å². The fourth-order valence-corrected chi connectivity index (χ4v) is 5.36. The van der Waals surface area contributed by atoms with Gasteiger partial charge in [-0.3, -0.25) is 9.59 Å². The van der Waals surface area contributed by atoms with E-state index in [1.807, 2.05) is 42.8 Å². The molecule has 10 heteroatoms. The van der Waals surface area contributed by atoms with Gasteiger partial charge in [0, 0.05) is 39.3 Å². The van der Waals surface area contributed by atoms with Crippen LogP contribution in [0.4, 0.5) is 5.69 Å². The molecule has 0 spiro atoms. The van der Waals surface area contributed by atoms with Gasteiger partial charge in [-0.15, -0.1) is 0 Å². The number of aromatic nitrogens is 2. The van der Waals surface area contributed by atoms with Gasteiger partial charge in [-0.05, 0) is 50.1 Å². The summed E-state index contributed by atoms with van der Waals surface area (Å²) in [4.78, 5) is 32.0. The lowest BCUT2D eigenvalue weighted by atomic mass is 10.1. The first-order valence-corrected chi connectivity index (χ1v) is 12.9. The van der Waals surface area contributed by atoms with E-state index in [2.05, 4.69) is 4.98 Å². The number of fused-ring (bicyclic) bond motifs is 2. The number of sulfonamides is 1. The molecule has 2 unspecified atom stereocenters. The Morgan fingerprint density at radius 2 is 1.91 bits per heavy atom. The van der Waals surface area contributed by atoms with Crippen molar-refractivity contribution in [2.24, 2.45) is 7.05 Å². The van der Waals surface area contributed by atoms with E-state index < -0.39 is 22.1 Å². The standard InChI is InChI=1S/C25H30N4O5S/c1-16-14-18-8-6-7-9-21(18)29(16)25(31)17(2)34-24(30)13-12-23-26-20-15-19(35(32,33)27(3)4)10-11-22(20)28(23)5/h6-11,15-17H,12-14H2,1-5H3. The minimum absolute atomic E-state index is 0.00208. The number of nitrogens with zero attached hydrogens (tertiary/aromatic N) is 4. The molecule has 2 aromatic carbocycles. The molecule has 186 valence electrons. The predicted octanol–water partition coefficient (Wildman–Crippen LogP) is 2.67. The number of esters is 1. The van der Waals surface area contributed by atoms with Crippen LogP contribution in [0.25, 0.3) is 11.0 Å². The number of carbonyl (C=O) groups excluding carboxylic acids is 2. The summed E-state index contributed by atoms with van der Waals surface area (Å²) in [5.41, 5.74) is 3.26. The molecule has 0 bridgehead atoms. The highest BCUT2D eigenvalue weighted by atomic mass is 32.2. The summed E-state index contributed by atoms with van der Waals surface area (Å²) in [5, 5.41) is 0. The van der Waals surface area contributed by atoms with Crippen LogP contribution in [0, 0.1) is 0 Å². The van der Waals surface area contributed by atoms with E-state index in [-0.39, 0.29) is 23.3 Å². The Morgan fingerprint density at radius 1 is 1.20 bits per heavy atom. The zero-order valence-electron chi connectivity index (χ0n) is 20.6. The minimum atomic E-state index is -3.58. The lowest BCUT2D eigenvalue weighted by Gasteiger charge is -2.25. The van der Waals surface area contributed by atoms with E-state index in [1.165, 1.54) is 20.2 Å². The molecule has 1 aliphatic heterocycles. The second kappa shape index (κ2) is 9.43. The van der Waals surface area contributed by atoms with Crippen LogP contribution in [0.5, 0.6) is 0 Å². The van der Waals surface area contributed by atoms with Crippen molar-refractivity contribution < 1.29 is 22.7 Å². The molecule has 3 aromatic rings. The van der Waals surface area contributed by atoms with Gasteiger partial charge in [-0.25, -0.2) is 17.7 Å². The molecule has 9 nitrogen and oxygen atoms in total. The molecular weight excluding hydrogens is 468 g/mol. The van der Waals surface area contributed by atoms with Crippen molar-refractivity contribution in [3.63, 3.8) is 0 Å². The molecule has 1 aliphatic rings. The van der Waals surface area contributed by atoms with Gasteiger partial charge in [0.05, 0.1) is 22.3 Å². The normalized spacial score (nSPS) is 16.5. The highest BCUT2D eigenvalue weighted by Gasteiger charge is 2.34. The molecular formula is C25H30N4O5S. The van der Waals surface area contributed by atoms with Crippen LogP contribution < -0.4 is 4.90 Å². The Labute approximate surface area is 205 Å². The quantitative estimate of drug-likeness (QED) is 0.464. The first kappa shape index (κ1) is 24.9. The van der Waals surface area contributed by atoms with Crippen LogP contribution >= 0.6 is 0 Å². The summed E-state index contributed by atoms with van der Waals surface area (Å²) in [5.74, 6) is -0.112. The van der Waals surface area contributed by atoms with Crippen molar-refractivity contribution >= 4 is 38.6 Å². The maximum Gasteiger partial charge on any atom is 0.307 e. The van der Waals surface area contributed by atoms with Gasteiger partial charge >= 0.3 is 5.97 Å². The van der Waals surface area contributed by atoms with Gasteiger partial charge in [0.1, 0.15) is 5.82 Å². The average Bonchev–Trinajstić information content (AvgIpc) is 3.32. The third-order valence-corrected chi connectivity index (χ3v) is 8.19. The van der Waals surface area contributed by atoms with Crippen molar-refractivity contribution in [2.75, 3.05) is 19.0 Å². The first-order valence-electron chi connectivity index (χ1n) is 11.5. The largest absolute Gasteiger partial charge is 0.453 e. The number of aryl methyl sites for hydroxylation is 2. The zero-order valence-corrected chi connectivity index (χ0v) is 21.4. The summed E-state index contributed by atoms with van der Waals surface area (Å²) in [6.07, 6.45) is 0.204. The zero-order chi connectivity index (χ0) is 25.5.